The quantitative estimate of drug-likeness (QED) is 0.875. The van der Waals surface area contributed by atoms with E-state index in [1.54, 1.807) is 18.2 Å². The Bertz CT molecular complexity index is 405. The second-order valence-electron chi connectivity index (χ2n) is 3.88. The van der Waals surface area contributed by atoms with Gasteiger partial charge >= 0.3 is 0 Å². The Kier molecular flexibility index (Phi) is 3.69. The molecule has 1 aromatic carbocycles. The molecule has 0 radical (unpaired) electrons. The summed E-state index contributed by atoms with van der Waals surface area (Å²) < 4.78 is 0. The van der Waals surface area contributed by atoms with Crippen molar-refractivity contribution in [3.8, 4) is 0 Å². The highest BCUT2D eigenvalue weighted by molar-refractivity contribution is 6.43. The number of carbonyl (C=O) groups is 1. The van der Waals surface area contributed by atoms with Crippen LogP contribution in [0.15, 0.2) is 18.2 Å². The van der Waals surface area contributed by atoms with E-state index in [9.17, 15) is 4.79 Å². The Hall–Kier alpha value is -0.770. The minimum atomic E-state index is -0.0179. The molecule has 16 heavy (non-hydrogen) atoms. The van der Waals surface area contributed by atoms with E-state index in [-0.39, 0.29) is 5.91 Å². The molecule has 0 aliphatic carbocycles. The number of hydrogen-bond donors (Lipinski definition) is 2. The van der Waals surface area contributed by atoms with Crippen LogP contribution in [-0.4, -0.2) is 19.0 Å². The summed E-state index contributed by atoms with van der Waals surface area (Å²) in [5, 5.41) is 6.73. The third kappa shape index (κ3) is 2.67. The fourth-order valence-corrected chi connectivity index (χ4v) is 1.90. The van der Waals surface area contributed by atoms with Gasteiger partial charge in [0.05, 0.1) is 15.7 Å². The first-order valence-corrected chi connectivity index (χ1v) is 5.87. The first kappa shape index (κ1) is 11.7. The van der Waals surface area contributed by atoms with Crippen molar-refractivity contribution in [2.45, 2.75) is 6.42 Å². The van der Waals surface area contributed by atoms with Crippen molar-refractivity contribution in [1.82, 2.24) is 5.32 Å². The Morgan fingerprint density at radius 3 is 2.81 bits per heavy atom. The summed E-state index contributed by atoms with van der Waals surface area (Å²) in [5.74, 6) is 0.425. The zero-order chi connectivity index (χ0) is 11.5. The van der Waals surface area contributed by atoms with Crippen molar-refractivity contribution >= 4 is 34.8 Å². The molecule has 1 heterocycles. The first-order valence-electron chi connectivity index (χ1n) is 5.11. The lowest BCUT2D eigenvalue weighted by Gasteiger charge is -2.26. The molecule has 0 bridgehead atoms. The topological polar surface area (TPSA) is 41.1 Å². The van der Waals surface area contributed by atoms with E-state index >= 15 is 0 Å². The van der Waals surface area contributed by atoms with Crippen LogP contribution in [0.2, 0.25) is 10.0 Å². The van der Waals surface area contributed by atoms with E-state index in [0.29, 0.717) is 28.1 Å². The molecule has 5 heteroatoms. The van der Waals surface area contributed by atoms with Crippen LogP contribution in [0, 0.1) is 5.92 Å². The van der Waals surface area contributed by atoms with Gasteiger partial charge in [0.15, 0.2) is 0 Å². The Labute approximate surface area is 104 Å². The molecule has 1 aliphatic rings. The number of hydrogen-bond acceptors (Lipinski definition) is 2. The normalized spacial score (nSPS) is 15.6. The molecule has 1 amide bonds. The molecule has 86 valence electrons. The van der Waals surface area contributed by atoms with Gasteiger partial charge in [0.1, 0.15) is 0 Å². The maximum Gasteiger partial charge on any atom is 0.224 e. The molecular formula is C11H12Cl2N2O. The zero-order valence-electron chi connectivity index (χ0n) is 8.59. The van der Waals surface area contributed by atoms with E-state index in [1.165, 1.54) is 0 Å². The first-order chi connectivity index (χ1) is 7.66. The van der Waals surface area contributed by atoms with Crippen molar-refractivity contribution in [3.63, 3.8) is 0 Å². The molecule has 2 rings (SSSR count). The van der Waals surface area contributed by atoms with Crippen LogP contribution in [0.25, 0.3) is 0 Å². The molecule has 1 saturated heterocycles. The van der Waals surface area contributed by atoms with Gasteiger partial charge in [-0.25, -0.2) is 0 Å². The summed E-state index contributed by atoms with van der Waals surface area (Å²) in [6, 6.07) is 5.19. The molecule has 2 N–H and O–H groups in total. The summed E-state index contributed by atoms with van der Waals surface area (Å²) in [5.41, 5.74) is 0.575. The minimum Gasteiger partial charge on any atom is -0.325 e. The lowest BCUT2D eigenvalue weighted by atomic mass is 9.99. The fraction of sp³-hybridized carbons (Fsp3) is 0.364. The maximum absolute atomic E-state index is 11.6. The monoisotopic (exact) mass is 258 g/mol. The van der Waals surface area contributed by atoms with E-state index < -0.39 is 0 Å². The molecule has 1 aliphatic heterocycles. The van der Waals surface area contributed by atoms with Crippen molar-refractivity contribution in [2.24, 2.45) is 5.92 Å². The minimum absolute atomic E-state index is 0.0179. The highest BCUT2D eigenvalue weighted by Gasteiger charge is 2.20. The molecule has 0 spiro atoms. The van der Waals surface area contributed by atoms with Crippen molar-refractivity contribution in [2.75, 3.05) is 18.4 Å². The Balaban J connectivity index is 1.97. The standard InChI is InChI=1S/C11H12Cl2N2O/c12-8-2-1-3-9(11(8)13)15-10(16)4-7-5-14-6-7/h1-3,7,14H,4-6H2,(H,15,16). The van der Waals surface area contributed by atoms with Crippen molar-refractivity contribution in [1.29, 1.82) is 0 Å². The highest BCUT2D eigenvalue weighted by Crippen LogP contribution is 2.29. The highest BCUT2D eigenvalue weighted by atomic mass is 35.5. The smallest absolute Gasteiger partial charge is 0.224 e. The van der Waals surface area contributed by atoms with Crippen molar-refractivity contribution < 1.29 is 4.79 Å². The number of benzene rings is 1. The number of carbonyl (C=O) groups excluding carboxylic acids is 1. The lowest BCUT2D eigenvalue weighted by Crippen LogP contribution is -2.43. The molecular weight excluding hydrogens is 247 g/mol. The third-order valence-electron chi connectivity index (χ3n) is 2.57. The molecule has 0 saturated carbocycles. The number of rotatable bonds is 3. The SMILES string of the molecule is O=C(CC1CNC1)Nc1cccc(Cl)c1Cl. The van der Waals surface area contributed by atoms with E-state index in [2.05, 4.69) is 10.6 Å². The molecule has 1 fully saturated rings. The Morgan fingerprint density at radius 1 is 1.44 bits per heavy atom. The van der Waals surface area contributed by atoms with Gasteiger partial charge in [0, 0.05) is 6.42 Å². The second-order valence-corrected chi connectivity index (χ2v) is 4.66. The predicted octanol–water partition coefficient (Wildman–Crippen LogP) is 2.54. The average Bonchev–Trinajstić information content (AvgIpc) is 2.19. The van der Waals surface area contributed by atoms with E-state index in [1.807, 2.05) is 0 Å². The van der Waals surface area contributed by atoms with E-state index in [4.69, 9.17) is 23.2 Å². The zero-order valence-corrected chi connectivity index (χ0v) is 10.1. The van der Waals surface area contributed by atoms with Crippen LogP contribution in [0.3, 0.4) is 0 Å². The average molecular weight is 259 g/mol. The van der Waals surface area contributed by atoms with Gasteiger partial charge in [0.2, 0.25) is 5.91 Å². The van der Waals surface area contributed by atoms with Gasteiger partial charge in [-0.15, -0.1) is 0 Å². The molecule has 3 nitrogen and oxygen atoms in total. The van der Waals surface area contributed by atoms with Crippen LogP contribution < -0.4 is 10.6 Å². The number of anilines is 1. The van der Waals surface area contributed by atoms with Crippen LogP contribution in [-0.2, 0) is 4.79 Å². The number of halogens is 2. The van der Waals surface area contributed by atoms with Gasteiger partial charge in [-0.05, 0) is 31.1 Å². The van der Waals surface area contributed by atoms with Gasteiger partial charge in [-0.1, -0.05) is 29.3 Å². The number of nitrogens with one attached hydrogen (secondary N) is 2. The summed E-state index contributed by atoms with van der Waals surface area (Å²) in [4.78, 5) is 11.6. The van der Waals surface area contributed by atoms with Crippen LogP contribution in [0.4, 0.5) is 5.69 Å². The maximum atomic E-state index is 11.6. The predicted molar refractivity (Wildman–Crippen MR) is 66.1 cm³/mol. The fourth-order valence-electron chi connectivity index (χ4n) is 1.56. The molecule has 0 aromatic heterocycles. The lowest BCUT2D eigenvalue weighted by molar-refractivity contribution is -0.117. The largest absolute Gasteiger partial charge is 0.325 e. The summed E-state index contributed by atoms with van der Waals surface area (Å²) >= 11 is 11.8. The molecule has 0 atom stereocenters. The van der Waals surface area contributed by atoms with Gasteiger partial charge in [-0.3, -0.25) is 4.79 Å². The third-order valence-corrected chi connectivity index (χ3v) is 3.38. The summed E-state index contributed by atoms with van der Waals surface area (Å²) in [7, 11) is 0. The second kappa shape index (κ2) is 5.04. The van der Waals surface area contributed by atoms with Crippen LogP contribution >= 0.6 is 23.2 Å². The van der Waals surface area contributed by atoms with Gasteiger partial charge in [0.25, 0.3) is 0 Å². The van der Waals surface area contributed by atoms with E-state index in [0.717, 1.165) is 13.1 Å². The van der Waals surface area contributed by atoms with Crippen LogP contribution in [0.5, 0.6) is 0 Å². The van der Waals surface area contributed by atoms with Crippen molar-refractivity contribution in [3.05, 3.63) is 28.2 Å². The summed E-state index contributed by atoms with van der Waals surface area (Å²) in [6.07, 6.45) is 0.524. The summed E-state index contributed by atoms with van der Waals surface area (Å²) in [6.45, 7) is 1.83. The molecule has 0 unspecified atom stereocenters. The van der Waals surface area contributed by atoms with Crippen LogP contribution in [0.1, 0.15) is 6.42 Å². The van der Waals surface area contributed by atoms with Gasteiger partial charge in [-0.2, -0.15) is 0 Å². The molecule has 1 aromatic rings. The number of amides is 1. The Morgan fingerprint density at radius 2 is 2.19 bits per heavy atom. The van der Waals surface area contributed by atoms with Gasteiger partial charge < -0.3 is 10.6 Å².